The van der Waals surface area contributed by atoms with Gasteiger partial charge in [-0.05, 0) is 6.07 Å². The van der Waals surface area contributed by atoms with E-state index in [1.165, 1.54) is 31.1 Å². The van der Waals surface area contributed by atoms with Crippen LogP contribution in [-0.2, 0) is 37.4 Å². The SMILES string of the molecule is COCCOCCSCC(=O)N[C@H]1C([C@H](O)[C@H](O)CO)O[C@@H](OP(=O)(O)OCC2OC(n3ccc(N)nc3=O)[C@H](O)[C@@H]2O)C[C@H]1O. The summed E-state index contributed by atoms with van der Waals surface area (Å²) < 4.78 is 44.7. The second-order valence-electron chi connectivity index (χ2n) is 10.3. The molecule has 10 N–H and O–H groups in total. The van der Waals surface area contributed by atoms with E-state index in [4.69, 9.17) is 33.7 Å². The van der Waals surface area contributed by atoms with Crippen LogP contribution in [0.15, 0.2) is 17.1 Å². The van der Waals surface area contributed by atoms with Crippen molar-refractivity contribution in [3.63, 3.8) is 0 Å². The molecule has 2 saturated heterocycles. The Hall–Kier alpha value is -1.79. The van der Waals surface area contributed by atoms with Crippen molar-refractivity contribution >= 4 is 31.3 Å². The van der Waals surface area contributed by atoms with Crippen LogP contribution in [0.3, 0.4) is 0 Å². The average Bonchev–Trinajstić information content (AvgIpc) is 3.28. The number of aliphatic hydroxyl groups is 6. The number of ether oxygens (including phenoxy) is 4. The molecule has 3 rings (SSSR count). The lowest BCUT2D eigenvalue weighted by molar-refractivity contribution is -0.232. The standard InChI is InChI=1S/C24H41N4O16PS/c1-39-4-5-40-6-7-46-11-16(32)27-18-12(30)8-17(43-22(18)19(33)13(31)9-29)44-45(37,38)41-10-14-20(34)21(35)23(42-14)28-3-2-15(25)26-24(28)36/h2-3,12-14,17-23,29-31,33-35H,4-11H2,1H3,(H,27,32)(H,37,38)(H2,25,26,36)/t12-,13-,14?,17+,18-,19-,20-,21-,22?,23?/m1/s1. The van der Waals surface area contributed by atoms with E-state index in [1.54, 1.807) is 0 Å². The summed E-state index contributed by atoms with van der Waals surface area (Å²) in [5.41, 5.74) is 4.56. The topological polar surface area (TPSA) is 304 Å². The minimum Gasteiger partial charge on any atom is -0.394 e. The number of nitrogen functional groups attached to an aromatic ring is 1. The summed E-state index contributed by atoms with van der Waals surface area (Å²) in [6.07, 6.45) is -14.1. The number of hydrogen-bond donors (Lipinski definition) is 9. The van der Waals surface area contributed by atoms with Crippen LogP contribution in [0.25, 0.3) is 0 Å². The second-order valence-corrected chi connectivity index (χ2v) is 12.8. The molecule has 264 valence electrons. The first-order valence-electron chi connectivity index (χ1n) is 14.0. The van der Waals surface area contributed by atoms with Crippen molar-refractivity contribution in [3.8, 4) is 0 Å². The van der Waals surface area contributed by atoms with E-state index < -0.39 is 100 Å². The van der Waals surface area contributed by atoms with Crippen molar-refractivity contribution < 1.29 is 72.9 Å². The number of nitrogens with one attached hydrogen (secondary N) is 1. The zero-order valence-electron chi connectivity index (χ0n) is 24.7. The number of phosphoric acid groups is 1. The van der Waals surface area contributed by atoms with Gasteiger partial charge < -0.3 is 65.5 Å². The molecular weight excluding hydrogens is 663 g/mol. The minimum atomic E-state index is -5.07. The molecule has 2 fully saturated rings. The van der Waals surface area contributed by atoms with Crippen molar-refractivity contribution in [1.29, 1.82) is 0 Å². The van der Waals surface area contributed by atoms with E-state index in [1.807, 2.05) is 0 Å². The third kappa shape index (κ3) is 10.9. The molecule has 22 heteroatoms. The van der Waals surface area contributed by atoms with Crippen molar-refractivity contribution in [2.24, 2.45) is 0 Å². The van der Waals surface area contributed by atoms with Crippen molar-refractivity contribution in [2.45, 2.75) is 67.7 Å². The Bertz CT molecular complexity index is 1220. The lowest BCUT2D eigenvalue weighted by Gasteiger charge is -2.42. The van der Waals surface area contributed by atoms with E-state index in [-0.39, 0.29) is 11.6 Å². The number of thioether (sulfide) groups is 1. The van der Waals surface area contributed by atoms with Gasteiger partial charge in [-0.2, -0.15) is 4.98 Å². The zero-order valence-corrected chi connectivity index (χ0v) is 26.4. The molecule has 0 saturated carbocycles. The molecule has 0 aliphatic carbocycles. The fraction of sp³-hybridized carbons (Fsp3) is 0.792. The Morgan fingerprint density at radius 3 is 2.65 bits per heavy atom. The van der Waals surface area contributed by atoms with E-state index >= 15 is 0 Å². The maximum absolute atomic E-state index is 12.8. The van der Waals surface area contributed by atoms with Crippen molar-refractivity contribution in [3.05, 3.63) is 22.7 Å². The summed E-state index contributed by atoms with van der Waals surface area (Å²) >= 11 is 1.22. The minimum absolute atomic E-state index is 0.0596. The van der Waals surface area contributed by atoms with Gasteiger partial charge in [0.15, 0.2) is 12.5 Å². The van der Waals surface area contributed by atoms with Crippen LogP contribution < -0.4 is 16.7 Å². The first-order chi connectivity index (χ1) is 21.8. The first kappa shape index (κ1) is 38.7. The van der Waals surface area contributed by atoms with Gasteiger partial charge in [0.2, 0.25) is 5.91 Å². The number of rotatable bonds is 18. The van der Waals surface area contributed by atoms with E-state index in [0.717, 1.165) is 4.57 Å². The highest BCUT2D eigenvalue weighted by Crippen LogP contribution is 2.47. The third-order valence-electron chi connectivity index (χ3n) is 6.91. The highest BCUT2D eigenvalue weighted by molar-refractivity contribution is 7.99. The average molecular weight is 705 g/mol. The number of anilines is 1. The predicted octanol–water partition coefficient (Wildman–Crippen LogP) is -4.35. The van der Waals surface area contributed by atoms with E-state index in [2.05, 4.69) is 10.3 Å². The molecule has 46 heavy (non-hydrogen) atoms. The van der Waals surface area contributed by atoms with Crippen molar-refractivity contribution in [2.75, 3.05) is 57.4 Å². The molecule has 20 nitrogen and oxygen atoms in total. The van der Waals surface area contributed by atoms with Gasteiger partial charge in [0.05, 0.1) is 50.9 Å². The molecule has 0 radical (unpaired) electrons. The number of amides is 1. The number of carbonyl (C=O) groups excluding carboxylic acids is 1. The van der Waals surface area contributed by atoms with Crippen LogP contribution in [0.4, 0.5) is 5.82 Å². The second kappa shape index (κ2) is 18.1. The summed E-state index contributed by atoms with van der Waals surface area (Å²) in [6, 6.07) is -0.0730. The number of methoxy groups -OCH3 is 1. The fourth-order valence-electron chi connectivity index (χ4n) is 4.56. The highest BCUT2D eigenvalue weighted by Gasteiger charge is 2.48. The number of aliphatic hydroxyl groups excluding tert-OH is 6. The van der Waals surface area contributed by atoms with E-state index in [9.17, 15) is 49.7 Å². The molecule has 2 aliphatic heterocycles. The Kier molecular flexibility index (Phi) is 15.2. The number of hydrogen-bond acceptors (Lipinski definition) is 18. The number of nitrogens with zero attached hydrogens (tertiary/aromatic N) is 2. The van der Waals surface area contributed by atoms with Gasteiger partial charge in [0.25, 0.3) is 0 Å². The van der Waals surface area contributed by atoms with Crippen LogP contribution in [0.5, 0.6) is 0 Å². The van der Waals surface area contributed by atoms with Crippen LogP contribution in [0, 0.1) is 0 Å². The summed E-state index contributed by atoms with van der Waals surface area (Å²) in [4.78, 5) is 38.5. The van der Waals surface area contributed by atoms with Gasteiger partial charge in [-0.15, -0.1) is 11.8 Å². The van der Waals surface area contributed by atoms with Gasteiger partial charge >= 0.3 is 13.5 Å². The summed E-state index contributed by atoms with van der Waals surface area (Å²) in [7, 11) is -3.53. The Balaban J connectivity index is 1.58. The number of carbonyl (C=O) groups is 1. The van der Waals surface area contributed by atoms with Crippen LogP contribution in [0.2, 0.25) is 0 Å². The third-order valence-corrected chi connectivity index (χ3v) is 8.81. The summed E-state index contributed by atoms with van der Waals surface area (Å²) in [5.74, 6) is -0.243. The highest BCUT2D eigenvalue weighted by atomic mass is 32.2. The van der Waals surface area contributed by atoms with Gasteiger partial charge in [0.1, 0.15) is 42.4 Å². The number of aromatic nitrogens is 2. The molecule has 0 bridgehead atoms. The lowest BCUT2D eigenvalue weighted by atomic mass is 9.92. The van der Waals surface area contributed by atoms with Crippen LogP contribution >= 0.6 is 19.6 Å². The Morgan fingerprint density at radius 1 is 1.24 bits per heavy atom. The predicted molar refractivity (Wildman–Crippen MR) is 156 cm³/mol. The van der Waals surface area contributed by atoms with Crippen LogP contribution in [-0.4, -0.2) is 158 Å². The Labute approximate surface area is 266 Å². The number of nitrogens with two attached hydrogens (primary N) is 1. The molecule has 4 unspecified atom stereocenters. The molecule has 0 aromatic carbocycles. The molecule has 2 aliphatic rings. The monoisotopic (exact) mass is 704 g/mol. The molecule has 0 spiro atoms. The fourth-order valence-corrected chi connectivity index (χ4v) is 6.04. The maximum atomic E-state index is 12.8. The van der Waals surface area contributed by atoms with E-state index in [0.29, 0.717) is 25.6 Å². The molecule has 1 aromatic heterocycles. The van der Waals surface area contributed by atoms with Gasteiger partial charge in [-0.3, -0.25) is 18.4 Å². The molecular formula is C24H41N4O16PS. The summed E-state index contributed by atoms with van der Waals surface area (Å²) in [5, 5.41) is 64.0. The maximum Gasteiger partial charge on any atom is 0.474 e. The first-order valence-corrected chi connectivity index (χ1v) is 16.7. The normalized spacial score (nSPS) is 30.9. The smallest absolute Gasteiger partial charge is 0.394 e. The molecule has 1 aromatic rings. The summed E-state index contributed by atoms with van der Waals surface area (Å²) in [6.45, 7) is -0.569. The largest absolute Gasteiger partial charge is 0.474 e. The van der Waals surface area contributed by atoms with Crippen LogP contribution in [0.1, 0.15) is 12.6 Å². The van der Waals surface area contributed by atoms with Gasteiger partial charge in [-0.1, -0.05) is 0 Å². The quantitative estimate of drug-likeness (QED) is 0.0515. The zero-order chi connectivity index (χ0) is 34.0. The lowest BCUT2D eigenvalue weighted by Crippen LogP contribution is -2.63. The molecule has 3 heterocycles. The Morgan fingerprint density at radius 2 is 1.98 bits per heavy atom. The van der Waals surface area contributed by atoms with Gasteiger partial charge in [-0.25, -0.2) is 9.36 Å². The molecule has 1 amide bonds. The van der Waals surface area contributed by atoms with Crippen molar-refractivity contribution in [1.82, 2.24) is 14.9 Å². The number of phosphoric ester groups is 1. The van der Waals surface area contributed by atoms with Gasteiger partial charge in [0, 0.05) is 25.5 Å². The molecule has 11 atom stereocenters.